The highest BCUT2D eigenvalue weighted by atomic mass is 16.7. The van der Waals surface area contributed by atoms with Gasteiger partial charge in [0.05, 0.1) is 33.0 Å². The van der Waals surface area contributed by atoms with Crippen LogP contribution in [0, 0.1) is 0 Å². The molecule has 1 aromatic rings. The van der Waals surface area contributed by atoms with Crippen LogP contribution in [-0.4, -0.2) is 89.5 Å². The molecular formula is C22H31NO9. The average Bonchev–Trinajstić information content (AvgIpc) is 3.29. The van der Waals surface area contributed by atoms with Crippen molar-refractivity contribution in [3.8, 4) is 11.5 Å². The van der Waals surface area contributed by atoms with Gasteiger partial charge in [0.25, 0.3) is 5.91 Å². The lowest BCUT2D eigenvalue weighted by atomic mass is 9.92. The zero-order chi connectivity index (χ0) is 22.9. The SMILES string of the molecule is COC(CN(C)C(=O)C1=C[C@@H](c2ccc3c(c2)OCO3)C[C@@H](OCCOCCO)O1)OC. The highest BCUT2D eigenvalue weighted by Gasteiger charge is 2.31. The maximum atomic E-state index is 13.1. The molecule has 1 amide bonds. The van der Waals surface area contributed by atoms with Gasteiger partial charge in [-0.15, -0.1) is 0 Å². The second kappa shape index (κ2) is 12.0. The molecule has 0 saturated carbocycles. The Morgan fingerprint density at radius 1 is 1.19 bits per heavy atom. The number of likely N-dealkylation sites (N-methyl/N-ethyl adjacent to an activating group) is 1. The first-order valence-electron chi connectivity index (χ1n) is 10.4. The minimum absolute atomic E-state index is 0.0518. The number of amides is 1. The van der Waals surface area contributed by atoms with Gasteiger partial charge in [0, 0.05) is 33.6 Å². The van der Waals surface area contributed by atoms with E-state index in [0.29, 0.717) is 24.5 Å². The molecule has 0 saturated heterocycles. The summed E-state index contributed by atoms with van der Waals surface area (Å²) in [6, 6.07) is 5.71. The molecule has 0 unspecified atom stereocenters. The van der Waals surface area contributed by atoms with Crippen LogP contribution in [-0.2, 0) is 28.5 Å². The van der Waals surface area contributed by atoms with Gasteiger partial charge in [-0.3, -0.25) is 4.79 Å². The van der Waals surface area contributed by atoms with Gasteiger partial charge < -0.3 is 43.2 Å². The van der Waals surface area contributed by atoms with Crippen molar-refractivity contribution in [1.82, 2.24) is 4.90 Å². The first-order chi connectivity index (χ1) is 15.5. The smallest absolute Gasteiger partial charge is 0.288 e. The van der Waals surface area contributed by atoms with Gasteiger partial charge in [-0.1, -0.05) is 6.07 Å². The average molecular weight is 453 g/mol. The Morgan fingerprint density at radius 3 is 2.72 bits per heavy atom. The fourth-order valence-corrected chi connectivity index (χ4v) is 3.43. The van der Waals surface area contributed by atoms with E-state index in [9.17, 15) is 4.79 Å². The third-order valence-corrected chi connectivity index (χ3v) is 5.16. The van der Waals surface area contributed by atoms with Crippen molar-refractivity contribution in [2.45, 2.75) is 24.9 Å². The third-order valence-electron chi connectivity index (χ3n) is 5.16. The molecule has 2 atom stereocenters. The number of methoxy groups -OCH3 is 2. The minimum Gasteiger partial charge on any atom is -0.459 e. The summed E-state index contributed by atoms with van der Waals surface area (Å²) in [5.41, 5.74) is 0.960. The Kier molecular flexibility index (Phi) is 9.12. The molecule has 2 heterocycles. The van der Waals surface area contributed by atoms with Crippen molar-refractivity contribution in [1.29, 1.82) is 0 Å². The Labute approximate surface area is 187 Å². The summed E-state index contributed by atoms with van der Waals surface area (Å²) in [4.78, 5) is 14.5. The fraction of sp³-hybridized carbons (Fsp3) is 0.591. The Balaban J connectivity index is 1.74. The summed E-state index contributed by atoms with van der Waals surface area (Å²) < 4.78 is 38.2. The molecule has 10 nitrogen and oxygen atoms in total. The number of nitrogens with zero attached hydrogens (tertiary/aromatic N) is 1. The Bertz CT molecular complexity index is 781. The van der Waals surface area contributed by atoms with E-state index in [-0.39, 0.29) is 50.7 Å². The Hall–Kier alpha value is -2.37. The molecule has 10 heteroatoms. The van der Waals surface area contributed by atoms with Crippen molar-refractivity contribution in [2.75, 3.05) is 61.0 Å². The van der Waals surface area contributed by atoms with Gasteiger partial charge >= 0.3 is 0 Å². The van der Waals surface area contributed by atoms with Crippen molar-refractivity contribution >= 4 is 5.91 Å². The van der Waals surface area contributed by atoms with Crippen LogP contribution in [0.5, 0.6) is 11.5 Å². The number of carbonyl (C=O) groups is 1. The van der Waals surface area contributed by atoms with Crippen LogP contribution in [0.1, 0.15) is 17.9 Å². The van der Waals surface area contributed by atoms with Gasteiger partial charge in [0.15, 0.2) is 23.5 Å². The quantitative estimate of drug-likeness (QED) is 0.370. The molecule has 0 radical (unpaired) electrons. The number of benzene rings is 1. The van der Waals surface area contributed by atoms with E-state index in [2.05, 4.69) is 0 Å². The normalized spacial score (nSPS) is 19.6. The number of aliphatic hydroxyl groups excluding tert-OH is 1. The van der Waals surface area contributed by atoms with Crippen LogP contribution >= 0.6 is 0 Å². The van der Waals surface area contributed by atoms with Crippen LogP contribution in [0.15, 0.2) is 30.0 Å². The van der Waals surface area contributed by atoms with Gasteiger partial charge in [-0.2, -0.15) is 0 Å². The molecular weight excluding hydrogens is 422 g/mol. The van der Waals surface area contributed by atoms with E-state index in [4.69, 9.17) is 38.3 Å². The molecule has 0 bridgehead atoms. The van der Waals surface area contributed by atoms with E-state index in [0.717, 1.165) is 5.56 Å². The van der Waals surface area contributed by atoms with Crippen molar-refractivity contribution in [3.63, 3.8) is 0 Å². The van der Waals surface area contributed by atoms with Crippen molar-refractivity contribution in [3.05, 3.63) is 35.6 Å². The number of carbonyl (C=O) groups excluding carboxylic acids is 1. The largest absolute Gasteiger partial charge is 0.459 e. The van der Waals surface area contributed by atoms with Gasteiger partial charge in [0.2, 0.25) is 13.1 Å². The maximum Gasteiger partial charge on any atom is 0.288 e. The summed E-state index contributed by atoms with van der Waals surface area (Å²) in [7, 11) is 4.68. The summed E-state index contributed by atoms with van der Waals surface area (Å²) in [6.07, 6.45) is 1.13. The first kappa shape index (κ1) is 24.3. The monoisotopic (exact) mass is 453 g/mol. The molecule has 0 spiro atoms. The zero-order valence-electron chi connectivity index (χ0n) is 18.7. The topological polar surface area (TPSA) is 105 Å². The molecule has 2 aliphatic heterocycles. The number of rotatable bonds is 12. The predicted molar refractivity (Wildman–Crippen MR) is 112 cm³/mol. The van der Waals surface area contributed by atoms with Gasteiger partial charge in [-0.05, 0) is 23.8 Å². The second-order valence-electron chi connectivity index (χ2n) is 7.33. The maximum absolute atomic E-state index is 13.1. The summed E-state index contributed by atoms with van der Waals surface area (Å²) in [5.74, 6) is 1.12. The molecule has 32 heavy (non-hydrogen) atoms. The highest BCUT2D eigenvalue weighted by molar-refractivity contribution is 5.91. The van der Waals surface area contributed by atoms with Crippen molar-refractivity contribution in [2.24, 2.45) is 0 Å². The molecule has 2 aliphatic rings. The van der Waals surface area contributed by atoms with E-state index >= 15 is 0 Å². The summed E-state index contributed by atoms with van der Waals surface area (Å²) >= 11 is 0. The molecule has 3 rings (SSSR count). The first-order valence-corrected chi connectivity index (χ1v) is 10.4. The van der Waals surface area contributed by atoms with Gasteiger partial charge in [-0.25, -0.2) is 0 Å². The molecule has 0 aliphatic carbocycles. The number of hydrogen-bond donors (Lipinski definition) is 1. The van der Waals surface area contributed by atoms with Crippen LogP contribution in [0.25, 0.3) is 0 Å². The molecule has 1 aromatic carbocycles. The standard InChI is InChI=1S/C22H31NO9/c1-23(13-21(26-2)27-3)22(25)19-11-16(12-20(32-19)29-9-8-28-7-6-24)15-4-5-17-18(10-15)31-14-30-17/h4-5,10-11,16,20-21,24H,6-9,12-14H2,1-3H3/t16-,20+/m1/s1. The van der Waals surface area contributed by atoms with Crippen LogP contribution in [0.3, 0.4) is 0 Å². The number of aliphatic hydroxyl groups is 1. The number of fused-ring (bicyclic) bond motifs is 1. The summed E-state index contributed by atoms with van der Waals surface area (Å²) in [6.45, 7) is 1.20. The lowest BCUT2D eigenvalue weighted by Crippen LogP contribution is -2.39. The molecule has 0 fully saturated rings. The van der Waals surface area contributed by atoms with E-state index in [1.54, 1.807) is 13.1 Å². The highest BCUT2D eigenvalue weighted by Crippen LogP contribution is 2.38. The van der Waals surface area contributed by atoms with Gasteiger partial charge in [0.1, 0.15) is 0 Å². The second-order valence-corrected chi connectivity index (χ2v) is 7.33. The lowest BCUT2D eigenvalue weighted by molar-refractivity contribution is -0.161. The number of allylic oxidation sites excluding steroid dienone is 1. The van der Waals surface area contributed by atoms with E-state index in [1.807, 2.05) is 18.2 Å². The minimum atomic E-state index is -0.638. The van der Waals surface area contributed by atoms with Crippen LogP contribution < -0.4 is 9.47 Å². The van der Waals surface area contributed by atoms with E-state index in [1.165, 1.54) is 19.1 Å². The van der Waals surface area contributed by atoms with Crippen molar-refractivity contribution < 1.29 is 43.1 Å². The molecule has 1 N–H and O–H groups in total. The summed E-state index contributed by atoms with van der Waals surface area (Å²) in [5, 5.41) is 8.81. The lowest BCUT2D eigenvalue weighted by Gasteiger charge is -2.31. The predicted octanol–water partition coefficient (Wildman–Crippen LogP) is 1.23. The molecule has 178 valence electrons. The number of hydrogen-bond acceptors (Lipinski definition) is 9. The molecule has 0 aromatic heterocycles. The van der Waals surface area contributed by atoms with Crippen LogP contribution in [0.4, 0.5) is 0 Å². The third kappa shape index (κ3) is 6.33. The fourth-order valence-electron chi connectivity index (χ4n) is 3.43. The van der Waals surface area contributed by atoms with E-state index < -0.39 is 12.6 Å². The van der Waals surface area contributed by atoms with Crippen LogP contribution in [0.2, 0.25) is 0 Å². The number of ether oxygens (including phenoxy) is 7. The zero-order valence-corrected chi connectivity index (χ0v) is 18.7. The Morgan fingerprint density at radius 2 is 1.97 bits per heavy atom.